The second kappa shape index (κ2) is 9.14. The van der Waals surface area contributed by atoms with E-state index in [1.807, 2.05) is 0 Å². The molecule has 1 unspecified atom stereocenters. The first kappa shape index (κ1) is 22.7. The fraction of sp³-hybridized carbons (Fsp3) is 0.750. The number of alkyl halides is 3. The Bertz CT molecular complexity index is 762. The first-order valence-electron chi connectivity index (χ1n) is 11.7. The topological polar surface area (TPSA) is 18.5 Å². The van der Waals surface area contributed by atoms with Crippen LogP contribution in [-0.2, 0) is 6.42 Å². The zero-order chi connectivity index (χ0) is 22.2. The Labute approximate surface area is 180 Å². The van der Waals surface area contributed by atoms with E-state index < -0.39 is 23.7 Å². The highest BCUT2D eigenvalue weighted by atomic mass is 19.4. The van der Waals surface area contributed by atoms with Crippen LogP contribution in [0.25, 0.3) is 0 Å². The van der Waals surface area contributed by atoms with E-state index in [0.29, 0.717) is 0 Å². The van der Waals surface area contributed by atoms with Crippen molar-refractivity contribution in [2.75, 3.05) is 0 Å². The molecule has 1 aliphatic heterocycles. The Balaban J connectivity index is 1.33. The van der Waals surface area contributed by atoms with Gasteiger partial charge in [0.05, 0.1) is 0 Å². The minimum absolute atomic E-state index is 0.00546. The number of halogens is 5. The average Bonchev–Trinajstić information content (AvgIpc) is 3.15. The van der Waals surface area contributed by atoms with Crippen molar-refractivity contribution in [3.05, 3.63) is 23.3 Å². The molecule has 1 aromatic carbocycles. The van der Waals surface area contributed by atoms with Crippen LogP contribution < -0.4 is 9.47 Å². The first-order valence-corrected chi connectivity index (χ1v) is 11.7. The van der Waals surface area contributed by atoms with E-state index >= 15 is 0 Å². The maximum Gasteiger partial charge on any atom is 0.573 e. The van der Waals surface area contributed by atoms with Gasteiger partial charge in [0.15, 0.2) is 11.6 Å². The van der Waals surface area contributed by atoms with Crippen molar-refractivity contribution in [1.82, 2.24) is 0 Å². The van der Waals surface area contributed by atoms with Crippen LogP contribution in [0.15, 0.2) is 6.07 Å². The Kier molecular flexibility index (Phi) is 6.68. The SMILES string of the molecule is CCCC1CCC(C2CCC(C3Cc4c(cc(F)c(OC(F)(F)F)c4F)O3)CC2)CC1. The van der Waals surface area contributed by atoms with Crippen molar-refractivity contribution in [1.29, 1.82) is 0 Å². The molecule has 31 heavy (non-hydrogen) atoms. The summed E-state index contributed by atoms with van der Waals surface area (Å²) in [5, 5.41) is 0. The third-order valence-electron chi connectivity index (χ3n) is 7.74. The fourth-order valence-electron chi connectivity index (χ4n) is 6.14. The van der Waals surface area contributed by atoms with E-state index in [-0.39, 0.29) is 29.8 Å². The van der Waals surface area contributed by atoms with Crippen LogP contribution >= 0.6 is 0 Å². The highest BCUT2D eigenvalue weighted by Gasteiger charge is 2.40. The predicted molar refractivity (Wildman–Crippen MR) is 107 cm³/mol. The zero-order valence-corrected chi connectivity index (χ0v) is 17.9. The Hall–Kier alpha value is -1.53. The summed E-state index contributed by atoms with van der Waals surface area (Å²) < 4.78 is 75.4. The molecule has 7 heteroatoms. The first-order chi connectivity index (χ1) is 14.7. The number of hydrogen-bond donors (Lipinski definition) is 0. The molecule has 0 bridgehead atoms. The molecule has 2 fully saturated rings. The number of benzene rings is 1. The molecule has 0 aromatic heterocycles. The van der Waals surface area contributed by atoms with Crippen molar-refractivity contribution in [2.24, 2.45) is 23.7 Å². The molecule has 0 spiro atoms. The van der Waals surface area contributed by atoms with Gasteiger partial charge in [-0.15, -0.1) is 13.2 Å². The normalized spacial score (nSPS) is 31.2. The summed E-state index contributed by atoms with van der Waals surface area (Å²) in [4.78, 5) is 0. The summed E-state index contributed by atoms with van der Waals surface area (Å²) in [5.41, 5.74) is -0.0120. The van der Waals surface area contributed by atoms with Crippen molar-refractivity contribution in [2.45, 2.75) is 90.0 Å². The van der Waals surface area contributed by atoms with E-state index in [2.05, 4.69) is 11.7 Å². The molecular formula is C24H31F5O2. The minimum atomic E-state index is -5.15. The van der Waals surface area contributed by atoms with Crippen LogP contribution in [0.2, 0.25) is 0 Å². The van der Waals surface area contributed by atoms with E-state index in [1.165, 1.54) is 38.5 Å². The number of fused-ring (bicyclic) bond motifs is 1. The lowest BCUT2D eigenvalue weighted by molar-refractivity contribution is -0.276. The van der Waals surface area contributed by atoms with Gasteiger partial charge in [0.25, 0.3) is 0 Å². The molecule has 1 aromatic rings. The highest BCUT2D eigenvalue weighted by molar-refractivity contribution is 5.46. The predicted octanol–water partition coefficient (Wildman–Crippen LogP) is 7.58. The van der Waals surface area contributed by atoms with E-state index in [4.69, 9.17) is 4.74 Å². The lowest BCUT2D eigenvalue weighted by Gasteiger charge is -2.39. The summed E-state index contributed by atoms with van der Waals surface area (Å²) in [7, 11) is 0. The summed E-state index contributed by atoms with van der Waals surface area (Å²) in [6, 6.07) is 0.819. The Morgan fingerprint density at radius 2 is 1.52 bits per heavy atom. The molecule has 1 heterocycles. The lowest BCUT2D eigenvalue weighted by atomic mass is 9.68. The summed E-state index contributed by atoms with van der Waals surface area (Å²) >= 11 is 0. The fourth-order valence-corrected chi connectivity index (χ4v) is 6.14. The number of hydrogen-bond acceptors (Lipinski definition) is 2. The highest BCUT2D eigenvalue weighted by Crippen LogP contribution is 2.46. The largest absolute Gasteiger partial charge is 0.573 e. The van der Waals surface area contributed by atoms with Gasteiger partial charge >= 0.3 is 6.36 Å². The molecule has 174 valence electrons. The average molecular weight is 447 g/mol. The van der Waals surface area contributed by atoms with Crippen LogP contribution in [0, 0.1) is 35.3 Å². The van der Waals surface area contributed by atoms with Crippen LogP contribution in [0.5, 0.6) is 11.5 Å². The van der Waals surface area contributed by atoms with Crippen molar-refractivity contribution < 1.29 is 31.4 Å². The molecule has 0 saturated heterocycles. The molecule has 0 N–H and O–H groups in total. The van der Waals surface area contributed by atoms with Crippen LogP contribution in [0.3, 0.4) is 0 Å². The van der Waals surface area contributed by atoms with Crippen molar-refractivity contribution in [3.8, 4) is 11.5 Å². The van der Waals surface area contributed by atoms with Gasteiger partial charge in [0.1, 0.15) is 11.9 Å². The molecule has 0 amide bonds. The summed E-state index contributed by atoms with van der Waals surface area (Å²) in [6.45, 7) is 2.25. The smallest absolute Gasteiger partial charge is 0.489 e. The monoisotopic (exact) mass is 446 g/mol. The quantitative estimate of drug-likeness (QED) is 0.434. The maximum atomic E-state index is 14.6. The Morgan fingerprint density at radius 3 is 2.10 bits per heavy atom. The molecule has 3 aliphatic rings. The number of rotatable bonds is 5. The van der Waals surface area contributed by atoms with Gasteiger partial charge in [-0.2, -0.15) is 0 Å². The van der Waals surface area contributed by atoms with Gasteiger partial charge in [-0.1, -0.05) is 32.6 Å². The molecule has 0 radical (unpaired) electrons. The van der Waals surface area contributed by atoms with Crippen molar-refractivity contribution >= 4 is 0 Å². The van der Waals surface area contributed by atoms with E-state index in [9.17, 15) is 22.0 Å². The van der Waals surface area contributed by atoms with Crippen LogP contribution in [-0.4, -0.2) is 12.5 Å². The van der Waals surface area contributed by atoms with Crippen LogP contribution in [0.4, 0.5) is 22.0 Å². The molecule has 2 nitrogen and oxygen atoms in total. The van der Waals surface area contributed by atoms with Gasteiger partial charge in [-0.25, -0.2) is 8.78 Å². The van der Waals surface area contributed by atoms with Gasteiger partial charge in [-0.3, -0.25) is 0 Å². The minimum Gasteiger partial charge on any atom is -0.489 e. The lowest BCUT2D eigenvalue weighted by Crippen LogP contribution is -2.32. The molecule has 1 atom stereocenters. The second-order valence-corrected chi connectivity index (χ2v) is 9.63. The third-order valence-corrected chi connectivity index (χ3v) is 7.74. The molecule has 2 aliphatic carbocycles. The molecular weight excluding hydrogens is 415 g/mol. The second-order valence-electron chi connectivity index (χ2n) is 9.63. The molecule has 4 rings (SSSR count). The standard InChI is InChI=1S/C24H31F5O2/c1-2-3-14-4-6-15(7-5-14)16-8-10-17(11-9-16)20-12-18-21(30-20)13-19(25)23(22(18)26)31-24(27,28)29/h13-17,20H,2-12H2,1H3. The number of ether oxygens (including phenoxy) is 2. The maximum absolute atomic E-state index is 14.6. The van der Waals surface area contributed by atoms with Gasteiger partial charge in [0.2, 0.25) is 5.75 Å². The van der Waals surface area contributed by atoms with Gasteiger partial charge in [-0.05, 0) is 62.2 Å². The Morgan fingerprint density at radius 1 is 0.935 bits per heavy atom. The molecule has 2 saturated carbocycles. The summed E-state index contributed by atoms with van der Waals surface area (Å²) in [5.74, 6) is -1.44. The van der Waals surface area contributed by atoms with E-state index in [0.717, 1.165) is 49.5 Å². The van der Waals surface area contributed by atoms with E-state index in [1.54, 1.807) is 0 Å². The van der Waals surface area contributed by atoms with Gasteiger partial charge in [0, 0.05) is 18.1 Å². The van der Waals surface area contributed by atoms with Crippen LogP contribution in [0.1, 0.15) is 76.7 Å². The van der Waals surface area contributed by atoms with Crippen molar-refractivity contribution in [3.63, 3.8) is 0 Å². The third kappa shape index (κ3) is 5.11. The van der Waals surface area contributed by atoms with Gasteiger partial charge < -0.3 is 9.47 Å². The zero-order valence-electron chi connectivity index (χ0n) is 17.9. The summed E-state index contributed by atoms with van der Waals surface area (Å²) in [6.07, 6.45) is 6.77.